The molecule has 2 aromatic heterocycles. The van der Waals surface area contributed by atoms with E-state index in [1.165, 1.54) is 16.9 Å². The number of carbonyl (C=O) groups is 1. The molecule has 5 nitrogen and oxygen atoms in total. The molecular formula is C22H18N2O3S. The minimum absolute atomic E-state index is 0.0672. The third-order valence-electron chi connectivity index (χ3n) is 4.49. The highest BCUT2D eigenvalue weighted by Crippen LogP contribution is 2.32. The summed E-state index contributed by atoms with van der Waals surface area (Å²) in [7, 11) is 0. The van der Waals surface area contributed by atoms with Gasteiger partial charge in [-0.15, -0.1) is 11.3 Å². The topological polar surface area (TPSA) is 72.0 Å². The van der Waals surface area contributed by atoms with Gasteiger partial charge in [0.25, 0.3) is 5.56 Å². The largest absolute Gasteiger partial charge is 0.460 e. The van der Waals surface area contributed by atoms with Crippen LogP contribution in [0.5, 0.6) is 0 Å². The molecule has 4 rings (SSSR count). The summed E-state index contributed by atoms with van der Waals surface area (Å²) in [6.07, 6.45) is 0. The summed E-state index contributed by atoms with van der Waals surface area (Å²) in [5.41, 5.74) is 4.87. The number of H-pyrrole nitrogens is 1. The number of benzene rings is 2. The van der Waals surface area contributed by atoms with Crippen molar-refractivity contribution in [3.05, 3.63) is 75.7 Å². The van der Waals surface area contributed by atoms with Gasteiger partial charge in [-0.1, -0.05) is 54.1 Å². The van der Waals surface area contributed by atoms with Crippen LogP contribution in [0.1, 0.15) is 23.1 Å². The molecule has 0 saturated carbocycles. The summed E-state index contributed by atoms with van der Waals surface area (Å²) in [5, 5.41) is 2.38. The summed E-state index contributed by atoms with van der Waals surface area (Å²) in [6, 6.07) is 16.4. The van der Waals surface area contributed by atoms with Gasteiger partial charge < -0.3 is 9.72 Å². The molecule has 4 aromatic rings. The molecule has 0 spiro atoms. The molecule has 6 heteroatoms. The van der Waals surface area contributed by atoms with Crippen LogP contribution in [0.15, 0.2) is 58.7 Å². The summed E-state index contributed by atoms with van der Waals surface area (Å²) < 4.78 is 4.92. The first-order valence-electron chi connectivity index (χ1n) is 8.93. The minimum atomic E-state index is -0.626. The molecule has 0 aliphatic carbocycles. The van der Waals surface area contributed by atoms with E-state index < -0.39 is 5.97 Å². The van der Waals surface area contributed by atoms with Crippen molar-refractivity contribution in [1.82, 2.24) is 9.97 Å². The molecule has 0 aliphatic heterocycles. The van der Waals surface area contributed by atoms with Crippen molar-refractivity contribution in [2.45, 2.75) is 13.8 Å². The fourth-order valence-electron chi connectivity index (χ4n) is 3.05. The number of aryl methyl sites for hydroxylation is 1. The predicted molar refractivity (Wildman–Crippen MR) is 112 cm³/mol. The second-order valence-corrected chi connectivity index (χ2v) is 7.27. The van der Waals surface area contributed by atoms with E-state index in [-0.39, 0.29) is 18.0 Å². The lowest BCUT2D eigenvalue weighted by Crippen LogP contribution is -2.17. The van der Waals surface area contributed by atoms with Crippen LogP contribution in [0.3, 0.4) is 0 Å². The van der Waals surface area contributed by atoms with Crippen molar-refractivity contribution < 1.29 is 9.53 Å². The highest BCUT2D eigenvalue weighted by atomic mass is 32.1. The molecule has 2 aromatic carbocycles. The van der Waals surface area contributed by atoms with Crippen LogP contribution in [0.4, 0.5) is 0 Å². The normalized spacial score (nSPS) is 10.9. The first-order valence-corrected chi connectivity index (χ1v) is 9.81. The molecule has 2 heterocycles. The lowest BCUT2D eigenvalue weighted by molar-refractivity contribution is 0.0512. The molecule has 0 aliphatic rings. The number of fused-ring (bicyclic) bond motifs is 1. The van der Waals surface area contributed by atoms with E-state index in [1.54, 1.807) is 6.92 Å². The van der Waals surface area contributed by atoms with Gasteiger partial charge in [0.15, 0.2) is 0 Å². The lowest BCUT2D eigenvalue weighted by Gasteiger charge is -2.05. The third kappa shape index (κ3) is 3.34. The van der Waals surface area contributed by atoms with Crippen LogP contribution >= 0.6 is 11.3 Å². The van der Waals surface area contributed by atoms with E-state index >= 15 is 0 Å². The smallest absolute Gasteiger partial charge is 0.374 e. The van der Waals surface area contributed by atoms with Crippen LogP contribution in [0.2, 0.25) is 0 Å². The van der Waals surface area contributed by atoms with Crippen LogP contribution in [0, 0.1) is 6.92 Å². The molecule has 0 atom stereocenters. The number of esters is 1. The fraction of sp³-hybridized carbons (Fsp3) is 0.136. The van der Waals surface area contributed by atoms with Crippen LogP contribution in [0.25, 0.3) is 32.5 Å². The average molecular weight is 390 g/mol. The Hall–Kier alpha value is -3.25. The van der Waals surface area contributed by atoms with E-state index in [4.69, 9.17) is 4.74 Å². The van der Waals surface area contributed by atoms with E-state index in [9.17, 15) is 9.59 Å². The Labute approximate surface area is 165 Å². The molecule has 0 unspecified atom stereocenters. The standard InChI is InChI=1S/C22H18N2O3S/c1-3-27-22(26)19-23-20(25)18-17(12-28-21(18)24-19)16-10-8-15(9-11-16)14-6-4-13(2)5-7-14/h4-12H,3H2,1-2H3,(H,23,24,25). The molecule has 140 valence electrons. The first-order chi connectivity index (χ1) is 13.6. The van der Waals surface area contributed by atoms with Crippen molar-refractivity contribution >= 4 is 27.5 Å². The van der Waals surface area contributed by atoms with E-state index in [0.29, 0.717) is 10.2 Å². The van der Waals surface area contributed by atoms with Crippen LogP contribution in [-0.2, 0) is 4.74 Å². The first kappa shape index (κ1) is 18.1. The quantitative estimate of drug-likeness (QED) is 0.508. The maximum atomic E-state index is 12.6. The van der Waals surface area contributed by atoms with E-state index in [2.05, 4.69) is 41.2 Å². The van der Waals surface area contributed by atoms with Crippen molar-refractivity contribution in [2.75, 3.05) is 6.61 Å². The number of carbonyl (C=O) groups excluding carboxylic acids is 1. The van der Waals surface area contributed by atoms with Gasteiger partial charge in [-0.05, 0) is 30.5 Å². The summed E-state index contributed by atoms with van der Waals surface area (Å²) in [5.74, 6) is -0.693. The van der Waals surface area contributed by atoms with Gasteiger partial charge >= 0.3 is 5.97 Å². The molecule has 0 saturated heterocycles. The summed E-state index contributed by atoms with van der Waals surface area (Å²) >= 11 is 1.34. The Morgan fingerprint density at radius 1 is 1.04 bits per heavy atom. The second kappa shape index (κ2) is 7.40. The number of hydrogen-bond acceptors (Lipinski definition) is 5. The highest BCUT2D eigenvalue weighted by molar-refractivity contribution is 7.17. The predicted octanol–water partition coefficient (Wildman–Crippen LogP) is 4.80. The zero-order chi connectivity index (χ0) is 19.7. The van der Waals surface area contributed by atoms with E-state index in [1.807, 2.05) is 29.6 Å². The molecular weight excluding hydrogens is 372 g/mol. The average Bonchev–Trinajstić information content (AvgIpc) is 3.13. The monoisotopic (exact) mass is 390 g/mol. The van der Waals surface area contributed by atoms with Gasteiger partial charge in [-0.25, -0.2) is 9.78 Å². The SMILES string of the molecule is CCOC(=O)c1nc2scc(-c3ccc(-c4ccc(C)cc4)cc3)c2c(=O)[nH]1. The molecule has 1 N–H and O–H groups in total. The molecule has 0 amide bonds. The zero-order valence-electron chi connectivity index (χ0n) is 15.5. The lowest BCUT2D eigenvalue weighted by atomic mass is 10.00. The molecule has 0 fully saturated rings. The number of thiophene rings is 1. The summed E-state index contributed by atoms with van der Waals surface area (Å²) in [6.45, 7) is 4.00. The Morgan fingerprint density at radius 2 is 1.64 bits per heavy atom. The zero-order valence-corrected chi connectivity index (χ0v) is 16.3. The van der Waals surface area contributed by atoms with Gasteiger partial charge in [-0.2, -0.15) is 0 Å². The molecule has 0 radical (unpaired) electrons. The second-order valence-electron chi connectivity index (χ2n) is 6.41. The maximum absolute atomic E-state index is 12.6. The van der Waals surface area contributed by atoms with Crippen molar-refractivity contribution in [2.24, 2.45) is 0 Å². The van der Waals surface area contributed by atoms with Gasteiger partial charge in [0, 0.05) is 10.9 Å². The van der Waals surface area contributed by atoms with E-state index in [0.717, 1.165) is 22.3 Å². The maximum Gasteiger partial charge on any atom is 0.374 e. The molecule has 28 heavy (non-hydrogen) atoms. The van der Waals surface area contributed by atoms with Crippen molar-refractivity contribution in [3.63, 3.8) is 0 Å². The third-order valence-corrected chi connectivity index (χ3v) is 5.37. The Balaban J connectivity index is 1.72. The number of nitrogens with zero attached hydrogens (tertiary/aromatic N) is 1. The van der Waals surface area contributed by atoms with Crippen molar-refractivity contribution in [3.8, 4) is 22.3 Å². The van der Waals surface area contributed by atoms with Crippen molar-refractivity contribution in [1.29, 1.82) is 0 Å². The highest BCUT2D eigenvalue weighted by Gasteiger charge is 2.17. The minimum Gasteiger partial charge on any atom is -0.460 e. The number of aromatic nitrogens is 2. The number of nitrogens with one attached hydrogen (secondary N) is 1. The Bertz CT molecular complexity index is 1210. The molecule has 0 bridgehead atoms. The fourth-order valence-corrected chi connectivity index (χ4v) is 3.99. The number of hydrogen-bond donors (Lipinski definition) is 1. The van der Waals surface area contributed by atoms with Gasteiger partial charge in [0.05, 0.1) is 12.0 Å². The van der Waals surface area contributed by atoms with Crippen LogP contribution in [-0.4, -0.2) is 22.5 Å². The van der Waals surface area contributed by atoms with Gasteiger partial charge in [0.1, 0.15) is 4.83 Å². The Morgan fingerprint density at radius 3 is 2.29 bits per heavy atom. The van der Waals surface area contributed by atoms with Gasteiger partial charge in [-0.3, -0.25) is 4.79 Å². The number of aromatic amines is 1. The van der Waals surface area contributed by atoms with Gasteiger partial charge in [0.2, 0.25) is 5.82 Å². The summed E-state index contributed by atoms with van der Waals surface area (Å²) in [4.78, 5) is 31.8. The number of ether oxygens (including phenoxy) is 1. The Kier molecular flexibility index (Phi) is 4.79. The number of rotatable bonds is 4. The van der Waals surface area contributed by atoms with Crippen LogP contribution < -0.4 is 5.56 Å².